The van der Waals surface area contributed by atoms with Crippen LogP contribution in [0.1, 0.15) is 47.0 Å². The Bertz CT molecular complexity index is 479. The van der Waals surface area contributed by atoms with E-state index in [1.54, 1.807) is 0 Å². The fourth-order valence-corrected chi connectivity index (χ4v) is 5.40. The minimum atomic E-state index is -10.7. The first-order valence-electron chi connectivity index (χ1n) is 9.96. The molecule has 1 aliphatic rings. The van der Waals surface area contributed by atoms with Crippen molar-refractivity contribution in [2.24, 2.45) is 0 Å². The van der Waals surface area contributed by atoms with E-state index in [0.717, 1.165) is 32.1 Å². The number of nitrogens with zero attached hydrogens (tertiary/aromatic N) is 2. The summed E-state index contributed by atoms with van der Waals surface area (Å²) in [6.07, 6.45) is 5.89. The van der Waals surface area contributed by atoms with Crippen LogP contribution in [0.25, 0.3) is 0 Å². The van der Waals surface area contributed by atoms with Crippen molar-refractivity contribution in [2.45, 2.75) is 53.0 Å². The summed E-state index contributed by atoms with van der Waals surface area (Å²) in [4.78, 5) is 2.43. The summed E-state index contributed by atoms with van der Waals surface area (Å²) in [6.45, 7) is 14.8. The molecule has 0 aromatic carbocycles. The fourth-order valence-electron chi connectivity index (χ4n) is 2.80. The van der Waals surface area contributed by atoms with Gasteiger partial charge in [0, 0.05) is 25.9 Å². The van der Waals surface area contributed by atoms with E-state index in [-0.39, 0.29) is 0 Å². The second-order valence-corrected chi connectivity index (χ2v) is 11.2. The number of halogens is 6. The molecule has 13 heteroatoms. The SMILES string of the molecule is CCCCN1C=[N+](CCC[Si](OCC)(OCC)OCC)CC1.F[P-](F)(F)(F)(F)F. The van der Waals surface area contributed by atoms with Crippen molar-refractivity contribution in [1.29, 1.82) is 0 Å². The van der Waals surface area contributed by atoms with Crippen molar-refractivity contribution < 1.29 is 43.0 Å². The molecule has 0 saturated carbocycles. The van der Waals surface area contributed by atoms with Gasteiger partial charge in [-0.1, -0.05) is 13.3 Å². The number of unbranched alkanes of at least 4 members (excludes halogenated alkanes) is 1. The molecule has 1 rings (SSSR count). The maximum atomic E-state index is 9.87. The molecule has 0 aliphatic carbocycles. The third-order valence-electron chi connectivity index (χ3n) is 3.82. The van der Waals surface area contributed by atoms with Crippen LogP contribution in [0.5, 0.6) is 0 Å². The van der Waals surface area contributed by atoms with E-state index in [2.05, 4.69) is 22.7 Å². The van der Waals surface area contributed by atoms with Crippen LogP contribution in [0.3, 0.4) is 0 Å². The first-order valence-corrected chi connectivity index (χ1v) is 13.9. The van der Waals surface area contributed by atoms with Gasteiger partial charge in [-0.25, -0.2) is 0 Å². The first kappa shape index (κ1) is 28.6. The second-order valence-electron chi connectivity index (χ2n) is 6.58. The molecular weight excluding hydrogens is 441 g/mol. The molecule has 1 heterocycles. The third-order valence-corrected chi connectivity index (χ3v) is 6.97. The van der Waals surface area contributed by atoms with Gasteiger partial charge in [-0.15, -0.1) is 0 Å². The van der Waals surface area contributed by atoms with Crippen LogP contribution in [-0.4, -0.2) is 70.6 Å². The molecule has 0 fully saturated rings. The van der Waals surface area contributed by atoms with Crippen LogP contribution < -0.4 is 0 Å². The topological polar surface area (TPSA) is 33.9 Å². The molecule has 0 atom stereocenters. The monoisotopic (exact) mass is 476 g/mol. The average Bonchev–Trinajstić information content (AvgIpc) is 2.98. The number of hydrogen-bond acceptors (Lipinski definition) is 4. The van der Waals surface area contributed by atoms with Crippen molar-refractivity contribution in [3.05, 3.63) is 0 Å². The van der Waals surface area contributed by atoms with E-state index >= 15 is 0 Å². The van der Waals surface area contributed by atoms with Gasteiger partial charge in [0.25, 0.3) is 0 Å². The molecule has 178 valence electrons. The Hall–Kier alpha value is -0.423. The summed E-state index contributed by atoms with van der Waals surface area (Å²) in [5.41, 5.74) is 0. The van der Waals surface area contributed by atoms with E-state index in [9.17, 15) is 25.2 Å². The molecule has 0 amide bonds. The maximum absolute atomic E-state index is 10.7. The Balaban J connectivity index is 0.000000956. The molecule has 0 unspecified atom stereocenters. The summed E-state index contributed by atoms with van der Waals surface area (Å²) in [7, 11) is -13.1. The van der Waals surface area contributed by atoms with Crippen LogP contribution >= 0.6 is 7.81 Å². The van der Waals surface area contributed by atoms with Gasteiger partial charge in [-0.2, -0.15) is 0 Å². The van der Waals surface area contributed by atoms with Crippen LogP contribution in [0.4, 0.5) is 25.2 Å². The molecule has 5 nitrogen and oxygen atoms in total. The summed E-state index contributed by atoms with van der Waals surface area (Å²) < 4.78 is 79.3. The van der Waals surface area contributed by atoms with Crippen molar-refractivity contribution >= 4 is 23.0 Å². The summed E-state index contributed by atoms with van der Waals surface area (Å²) in [6, 6.07) is 0.905. The van der Waals surface area contributed by atoms with Crippen LogP contribution in [-0.2, 0) is 13.3 Å². The third kappa shape index (κ3) is 18.1. The van der Waals surface area contributed by atoms with E-state index in [0.29, 0.717) is 19.8 Å². The van der Waals surface area contributed by atoms with Gasteiger partial charge in [0.2, 0.25) is 6.34 Å². The van der Waals surface area contributed by atoms with Gasteiger partial charge in [0.15, 0.2) is 0 Å². The van der Waals surface area contributed by atoms with Gasteiger partial charge >= 0.3 is 41.8 Å². The van der Waals surface area contributed by atoms with Gasteiger partial charge in [0.1, 0.15) is 13.1 Å². The van der Waals surface area contributed by atoms with Crippen molar-refractivity contribution in [2.75, 3.05) is 46.0 Å². The molecular formula is C16H35F6N2O3PSi. The zero-order valence-electron chi connectivity index (χ0n) is 17.7. The Morgan fingerprint density at radius 2 is 1.38 bits per heavy atom. The Labute approximate surface area is 170 Å². The van der Waals surface area contributed by atoms with E-state index in [4.69, 9.17) is 13.3 Å². The first-order chi connectivity index (χ1) is 13.1. The molecule has 0 saturated heterocycles. The van der Waals surface area contributed by atoms with Gasteiger partial charge < -0.3 is 13.3 Å². The Morgan fingerprint density at radius 1 is 0.897 bits per heavy atom. The van der Waals surface area contributed by atoms with Gasteiger partial charge in [0.05, 0.1) is 13.1 Å². The fraction of sp³-hybridized carbons (Fsp3) is 0.938. The second kappa shape index (κ2) is 11.3. The average molecular weight is 477 g/mol. The van der Waals surface area contributed by atoms with Gasteiger partial charge in [-0.3, -0.25) is 9.48 Å². The van der Waals surface area contributed by atoms with E-state index < -0.39 is 16.6 Å². The zero-order chi connectivity index (χ0) is 22.7. The summed E-state index contributed by atoms with van der Waals surface area (Å²) in [5, 5.41) is 0. The normalized spacial score (nSPS) is 17.3. The van der Waals surface area contributed by atoms with Crippen LogP contribution in [0, 0.1) is 0 Å². The molecule has 0 aromatic heterocycles. The number of hydrogen-bond donors (Lipinski definition) is 0. The molecule has 0 spiro atoms. The van der Waals surface area contributed by atoms with E-state index in [1.807, 2.05) is 20.8 Å². The van der Waals surface area contributed by atoms with Crippen LogP contribution in [0.15, 0.2) is 0 Å². The molecule has 1 aliphatic heterocycles. The Morgan fingerprint density at radius 3 is 1.79 bits per heavy atom. The number of rotatable bonds is 13. The standard InChI is InChI=1S/C16H35N2O3Si.F6P/c1-5-9-11-17-13-14-18(16-17)12-10-15-22(19-6-2,20-7-3)21-8-4;1-7(2,3,4,5)6/h16H,5-15H2,1-4H3;/q+1;-1. The molecule has 0 radical (unpaired) electrons. The predicted octanol–water partition coefficient (Wildman–Crippen LogP) is 5.96. The Kier molecular flexibility index (Phi) is 11.1. The summed E-state index contributed by atoms with van der Waals surface area (Å²) >= 11 is 0. The summed E-state index contributed by atoms with van der Waals surface area (Å²) in [5.74, 6) is 0. The van der Waals surface area contributed by atoms with Crippen molar-refractivity contribution in [3.63, 3.8) is 0 Å². The van der Waals surface area contributed by atoms with E-state index in [1.165, 1.54) is 19.4 Å². The predicted molar refractivity (Wildman–Crippen MR) is 106 cm³/mol. The van der Waals surface area contributed by atoms with Crippen molar-refractivity contribution in [1.82, 2.24) is 4.90 Å². The minimum absolute atomic E-state index is 0.660. The molecule has 0 bridgehead atoms. The quantitative estimate of drug-likeness (QED) is 0.142. The molecule has 29 heavy (non-hydrogen) atoms. The van der Waals surface area contributed by atoms with Gasteiger partial charge in [-0.05, 0) is 33.6 Å². The van der Waals surface area contributed by atoms with Crippen LogP contribution in [0.2, 0.25) is 6.04 Å². The van der Waals surface area contributed by atoms with Crippen molar-refractivity contribution in [3.8, 4) is 0 Å². The molecule has 0 aromatic rings. The molecule has 0 N–H and O–H groups in total. The zero-order valence-corrected chi connectivity index (χ0v) is 19.6.